The molecule has 2 aromatic rings. The number of carboxylic acid groups (broad SMARTS) is 3. The van der Waals surface area contributed by atoms with Crippen LogP contribution in [0.3, 0.4) is 0 Å². The van der Waals surface area contributed by atoms with Gasteiger partial charge in [-0.3, -0.25) is 0 Å². The van der Waals surface area contributed by atoms with Gasteiger partial charge in [-0.2, -0.15) is 0 Å². The second-order valence-corrected chi connectivity index (χ2v) is 5.86. The van der Waals surface area contributed by atoms with Gasteiger partial charge in [0.15, 0.2) is 6.10 Å². The molecule has 0 radical (unpaired) electrons. The Labute approximate surface area is 212 Å². The van der Waals surface area contributed by atoms with Crippen LogP contribution in [-0.2, 0) is 4.79 Å². The molecule has 0 heterocycles. The molecule has 0 aromatic heterocycles. The first kappa shape index (κ1) is 32.1. The number of carboxylic acids is 3. The van der Waals surface area contributed by atoms with Gasteiger partial charge in [-0.25, -0.2) is 14.4 Å². The molecule has 8 N–H and O–H groups in total. The van der Waals surface area contributed by atoms with Crippen LogP contribution in [0.4, 0.5) is 0 Å². The molecule has 0 aliphatic rings. The molecule has 32 heavy (non-hydrogen) atoms. The predicted molar refractivity (Wildman–Crippen MR) is 114 cm³/mol. The Morgan fingerprint density at radius 1 is 0.656 bits per heavy atom. The predicted octanol–water partition coefficient (Wildman–Crippen LogP) is -1.64. The molecule has 2 aromatic carbocycles. The van der Waals surface area contributed by atoms with Crippen molar-refractivity contribution >= 4 is 55.6 Å². The van der Waals surface area contributed by atoms with E-state index in [9.17, 15) is 14.4 Å². The van der Waals surface area contributed by atoms with Crippen molar-refractivity contribution < 1.29 is 55.2 Å². The molecule has 0 aliphatic carbocycles. The van der Waals surface area contributed by atoms with E-state index in [1.54, 1.807) is 60.7 Å². The van der Waals surface area contributed by atoms with Gasteiger partial charge < -0.3 is 40.9 Å². The summed E-state index contributed by atoms with van der Waals surface area (Å²) in [5.41, 5.74) is 0.662. The van der Waals surface area contributed by atoms with Crippen molar-refractivity contribution in [3.05, 3.63) is 71.8 Å². The van der Waals surface area contributed by atoms with Crippen LogP contribution < -0.4 is 0 Å². The van der Waals surface area contributed by atoms with Gasteiger partial charge in [0, 0.05) is 0 Å². The third-order valence-corrected chi connectivity index (χ3v) is 3.55. The van der Waals surface area contributed by atoms with Crippen LogP contribution in [0.1, 0.15) is 20.7 Å². The fourth-order valence-corrected chi connectivity index (χ4v) is 1.83. The fraction of sp³-hybridized carbons (Fsp3) is 0.250. The summed E-state index contributed by atoms with van der Waals surface area (Å²) in [6.45, 7) is -0.843. The summed E-state index contributed by atoms with van der Waals surface area (Å²) in [5, 5.41) is 68.6. The van der Waals surface area contributed by atoms with E-state index in [0.717, 1.165) is 0 Å². The van der Waals surface area contributed by atoms with Crippen molar-refractivity contribution in [2.24, 2.45) is 0 Å². The van der Waals surface area contributed by atoms with Gasteiger partial charge in [0.2, 0.25) is 0 Å². The Morgan fingerprint density at radius 3 is 1.22 bits per heavy atom. The zero-order valence-corrected chi connectivity index (χ0v) is 16.1. The molecule has 0 bridgehead atoms. The molecule has 0 saturated heterocycles. The number of hydrogen-bond acceptors (Lipinski definition) is 8. The van der Waals surface area contributed by atoms with Crippen molar-refractivity contribution in [2.45, 2.75) is 24.4 Å². The van der Waals surface area contributed by atoms with Gasteiger partial charge in [-0.15, -0.1) is 0 Å². The fourth-order valence-electron chi connectivity index (χ4n) is 1.83. The van der Waals surface area contributed by atoms with Gasteiger partial charge in [-0.1, -0.05) is 36.4 Å². The molecule has 0 aliphatic heterocycles. The summed E-state index contributed by atoms with van der Waals surface area (Å²) in [6, 6.07) is 16.6. The van der Waals surface area contributed by atoms with Gasteiger partial charge in [0.05, 0.1) is 17.7 Å². The monoisotopic (exact) mass is 482 g/mol. The second kappa shape index (κ2) is 17.5. The van der Waals surface area contributed by atoms with E-state index in [2.05, 4.69) is 0 Å². The number of carbonyl (C=O) groups is 3. The average Bonchev–Trinajstić information content (AvgIpc) is 2.78. The normalized spacial score (nSPS) is 13.3. The molecule has 0 fully saturated rings. The number of hydrogen-bond donors (Lipinski definition) is 8. The summed E-state index contributed by atoms with van der Waals surface area (Å²) >= 11 is 0. The molecular weight excluding hydrogens is 456 g/mol. The van der Waals surface area contributed by atoms with Gasteiger partial charge in [-0.05, 0) is 24.3 Å². The molecule has 0 spiro atoms. The molecule has 0 saturated carbocycles. The van der Waals surface area contributed by atoms with Crippen molar-refractivity contribution in [3.63, 3.8) is 0 Å². The van der Waals surface area contributed by atoms with Crippen LogP contribution in [0, 0.1) is 0 Å². The number of aromatic carboxylic acids is 2. The zero-order chi connectivity index (χ0) is 24.0. The maximum atomic E-state index is 10.2. The van der Waals surface area contributed by atoms with Crippen molar-refractivity contribution in [1.82, 2.24) is 0 Å². The standard InChI is InChI=1S/2C7H6O2.C6H12O7.Ca.2H/c2*8-7(9)6-4-2-1-3-5-6;7-1-2(8)3(9)4(10)5(11)6(12)13;;;/h2*1-5H,(H,8,9);2-5,7-11H,1H2,(H,12,13);;;/t;;2-,3-,4+,5-;;;/m..1.../s1. The molecule has 174 valence electrons. The van der Waals surface area contributed by atoms with Crippen molar-refractivity contribution in [3.8, 4) is 0 Å². The summed E-state index contributed by atoms with van der Waals surface area (Å²) in [4.78, 5) is 30.5. The Bertz CT molecular complexity index is 752. The van der Waals surface area contributed by atoms with Crippen molar-refractivity contribution in [1.29, 1.82) is 0 Å². The van der Waals surface area contributed by atoms with E-state index < -0.39 is 48.9 Å². The summed E-state index contributed by atoms with van der Waals surface area (Å²) in [7, 11) is 0. The number of benzene rings is 2. The van der Waals surface area contributed by atoms with Gasteiger partial charge in [0.1, 0.15) is 18.3 Å². The van der Waals surface area contributed by atoms with E-state index in [1.165, 1.54) is 0 Å². The second-order valence-electron chi connectivity index (χ2n) is 5.86. The van der Waals surface area contributed by atoms with Crippen LogP contribution in [-0.4, -0.2) is 128 Å². The molecule has 0 unspecified atom stereocenters. The summed E-state index contributed by atoms with van der Waals surface area (Å²) in [6.07, 6.45) is -7.84. The molecule has 2 rings (SSSR count). The van der Waals surface area contributed by atoms with E-state index >= 15 is 0 Å². The minimum absolute atomic E-state index is 0. The average molecular weight is 482 g/mol. The Hall–Kier alpha value is -2.09. The Balaban J connectivity index is 0. The topological polar surface area (TPSA) is 213 Å². The molecule has 0 amide bonds. The first-order valence-corrected chi connectivity index (χ1v) is 8.65. The molecular formula is C20H26CaO11. The van der Waals surface area contributed by atoms with E-state index in [1.807, 2.05) is 0 Å². The SMILES string of the molecule is O=C(O)[C@H](O)[C@@H](O)[C@H](O)[C@H](O)CO.O=C(O)c1ccccc1.O=C(O)c1ccccc1.[CaH2]. The van der Waals surface area contributed by atoms with Crippen molar-refractivity contribution in [2.75, 3.05) is 6.61 Å². The van der Waals surface area contributed by atoms with Crippen LogP contribution >= 0.6 is 0 Å². The number of aliphatic carboxylic acids is 1. The number of rotatable bonds is 7. The van der Waals surface area contributed by atoms with E-state index in [0.29, 0.717) is 11.1 Å². The first-order valence-electron chi connectivity index (χ1n) is 8.65. The third-order valence-electron chi connectivity index (χ3n) is 3.55. The first-order chi connectivity index (χ1) is 14.5. The van der Waals surface area contributed by atoms with Crippen LogP contribution in [0.2, 0.25) is 0 Å². The summed E-state index contributed by atoms with van der Waals surface area (Å²) in [5.74, 6) is -3.48. The maximum absolute atomic E-state index is 10.2. The quantitative estimate of drug-likeness (QED) is 0.210. The third kappa shape index (κ3) is 12.7. The van der Waals surface area contributed by atoms with Crippen LogP contribution in [0.15, 0.2) is 60.7 Å². The van der Waals surface area contributed by atoms with E-state index in [4.69, 9.17) is 40.9 Å². The molecule has 12 heteroatoms. The molecule has 11 nitrogen and oxygen atoms in total. The Morgan fingerprint density at radius 2 is 1.00 bits per heavy atom. The van der Waals surface area contributed by atoms with Gasteiger partial charge >= 0.3 is 55.6 Å². The number of aliphatic hydroxyl groups is 5. The summed E-state index contributed by atoms with van der Waals surface area (Å²) < 4.78 is 0. The van der Waals surface area contributed by atoms with E-state index in [-0.39, 0.29) is 37.7 Å². The molecule has 4 atom stereocenters. The minimum atomic E-state index is -2.20. The van der Waals surface area contributed by atoms with Crippen LogP contribution in [0.25, 0.3) is 0 Å². The Kier molecular flexibility index (Phi) is 17.5. The van der Waals surface area contributed by atoms with Crippen LogP contribution in [0.5, 0.6) is 0 Å². The number of aliphatic hydroxyl groups excluding tert-OH is 5. The zero-order valence-electron chi connectivity index (χ0n) is 16.1. The van der Waals surface area contributed by atoms with Gasteiger partial charge in [0.25, 0.3) is 0 Å².